The average molecular weight is 818 g/mol. The summed E-state index contributed by atoms with van der Waals surface area (Å²) in [7, 11) is 0. The largest absolute Gasteiger partial charge is 0.312 e. The molecule has 0 N–H and O–H groups in total. The number of nitrogens with zero attached hydrogens (tertiary/aromatic N) is 5. The van der Waals surface area contributed by atoms with Crippen molar-refractivity contribution in [2.24, 2.45) is 0 Å². The summed E-state index contributed by atoms with van der Waals surface area (Å²) >= 11 is 0. The van der Waals surface area contributed by atoms with E-state index in [1.54, 1.807) is 0 Å². The molecule has 0 saturated carbocycles. The third-order valence-corrected chi connectivity index (χ3v) is 13.6. The van der Waals surface area contributed by atoms with Crippen molar-refractivity contribution in [1.29, 1.82) is 0 Å². The fourth-order valence-electron chi connectivity index (χ4n) is 11.0. The van der Waals surface area contributed by atoms with Gasteiger partial charge in [0.1, 0.15) is 5.82 Å². The lowest BCUT2D eigenvalue weighted by atomic mass is 10.0. The van der Waals surface area contributed by atoms with Crippen LogP contribution in [0.2, 0.25) is 0 Å². The van der Waals surface area contributed by atoms with Crippen LogP contribution in [0.15, 0.2) is 206 Å². The van der Waals surface area contributed by atoms with Crippen LogP contribution < -0.4 is 0 Å². The van der Waals surface area contributed by atoms with Crippen molar-refractivity contribution in [2.75, 3.05) is 0 Å². The minimum Gasteiger partial charge on any atom is -0.312 e. The van der Waals surface area contributed by atoms with Gasteiger partial charge in [-0.3, -0.25) is 4.57 Å². The maximum absolute atomic E-state index is 5.30. The van der Waals surface area contributed by atoms with E-state index in [0.29, 0.717) is 0 Å². The van der Waals surface area contributed by atoms with Crippen LogP contribution in [0, 0.1) is 0 Å². The van der Waals surface area contributed by atoms with Crippen LogP contribution in [0.3, 0.4) is 0 Å². The third-order valence-electron chi connectivity index (χ3n) is 13.6. The fraction of sp³-hybridized carbons (Fsp3) is 0.0339. The number of benzene rings is 8. The summed E-state index contributed by atoms with van der Waals surface area (Å²) in [6.45, 7) is 0. The zero-order valence-corrected chi connectivity index (χ0v) is 34.9. The lowest BCUT2D eigenvalue weighted by molar-refractivity contribution is 0.889. The second kappa shape index (κ2) is 13.5. The van der Waals surface area contributed by atoms with Gasteiger partial charge in [0.15, 0.2) is 0 Å². The summed E-state index contributed by atoms with van der Waals surface area (Å²) < 4.78 is 9.86. The Morgan fingerprint density at radius 2 is 0.938 bits per heavy atom. The molecule has 14 rings (SSSR count). The molecule has 64 heavy (non-hydrogen) atoms. The molecule has 0 fully saturated rings. The Bertz CT molecular complexity index is 4060. The van der Waals surface area contributed by atoms with Crippen molar-refractivity contribution in [3.05, 3.63) is 218 Å². The van der Waals surface area contributed by atoms with E-state index >= 15 is 0 Å². The molecule has 1 aliphatic rings. The van der Waals surface area contributed by atoms with Crippen LogP contribution in [0.1, 0.15) is 17.7 Å². The van der Waals surface area contributed by atoms with Crippen LogP contribution in [0.5, 0.6) is 0 Å². The molecule has 0 unspecified atom stereocenters. The summed E-state index contributed by atoms with van der Waals surface area (Å²) in [5.41, 5.74) is 16.5. The maximum atomic E-state index is 5.30. The quantitative estimate of drug-likeness (QED) is 0.170. The van der Waals surface area contributed by atoms with Gasteiger partial charge in [-0.05, 0) is 85.6 Å². The van der Waals surface area contributed by atoms with E-state index in [4.69, 9.17) is 4.98 Å². The number of aromatic nitrogens is 5. The van der Waals surface area contributed by atoms with E-state index in [2.05, 4.69) is 231 Å². The number of rotatable bonds is 5. The molecule has 0 amide bonds. The van der Waals surface area contributed by atoms with Gasteiger partial charge >= 0.3 is 0 Å². The molecule has 0 atom stereocenters. The third kappa shape index (κ3) is 4.92. The molecule has 5 heterocycles. The average Bonchev–Trinajstić information content (AvgIpc) is 4.09. The van der Waals surface area contributed by atoms with Crippen molar-refractivity contribution in [3.63, 3.8) is 0 Å². The molecule has 8 aromatic carbocycles. The van der Waals surface area contributed by atoms with Gasteiger partial charge in [-0.2, -0.15) is 0 Å². The molecule has 13 aromatic rings. The zero-order valence-electron chi connectivity index (χ0n) is 34.9. The molecule has 0 radical (unpaired) electrons. The van der Waals surface area contributed by atoms with E-state index in [0.717, 1.165) is 58.0 Å². The van der Waals surface area contributed by atoms with E-state index in [1.807, 2.05) is 0 Å². The van der Waals surface area contributed by atoms with Gasteiger partial charge in [-0.1, -0.05) is 140 Å². The van der Waals surface area contributed by atoms with Crippen molar-refractivity contribution >= 4 is 82.4 Å². The SMILES string of the molecule is C1=Cc2c(n(-c3cccc(-n4c5ccccc5c5c4ccc4c6ccccc6n(-c6ccccc6)c45)c3)c3c2ccc2c3c3ccccc3n2-c2cccc(-c3ccccc3)n2)CC1. The van der Waals surface area contributed by atoms with Crippen LogP contribution in [-0.2, 0) is 6.42 Å². The van der Waals surface area contributed by atoms with Gasteiger partial charge in [-0.25, -0.2) is 4.98 Å². The number of allylic oxidation sites excluding steroid dienone is 1. The van der Waals surface area contributed by atoms with Crippen molar-refractivity contribution in [2.45, 2.75) is 12.8 Å². The minimum atomic E-state index is 0.906. The Hall–Kier alpha value is -8.41. The van der Waals surface area contributed by atoms with Gasteiger partial charge in [0, 0.05) is 71.6 Å². The van der Waals surface area contributed by atoms with E-state index in [-0.39, 0.29) is 0 Å². The summed E-state index contributed by atoms with van der Waals surface area (Å²) in [6.07, 6.45) is 6.65. The minimum absolute atomic E-state index is 0.906. The first-order valence-electron chi connectivity index (χ1n) is 22.2. The van der Waals surface area contributed by atoms with Gasteiger partial charge in [-0.15, -0.1) is 0 Å². The number of fused-ring (bicyclic) bond motifs is 14. The van der Waals surface area contributed by atoms with Crippen molar-refractivity contribution in [1.82, 2.24) is 23.3 Å². The molecular formula is C59H39N5. The van der Waals surface area contributed by atoms with Crippen molar-refractivity contribution < 1.29 is 0 Å². The Morgan fingerprint density at radius 3 is 1.69 bits per heavy atom. The molecule has 0 spiro atoms. The summed E-state index contributed by atoms with van der Waals surface area (Å²) in [5, 5.41) is 8.73. The molecule has 0 saturated heterocycles. The Labute approximate surface area is 368 Å². The lowest BCUT2D eigenvalue weighted by Crippen LogP contribution is -2.04. The van der Waals surface area contributed by atoms with E-state index in [9.17, 15) is 0 Å². The molecule has 5 heteroatoms. The van der Waals surface area contributed by atoms with Crippen LogP contribution in [0.4, 0.5) is 0 Å². The molecule has 1 aliphatic carbocycles. The van der Waals surface area contributed by atoms with Gasteiger partial charge < -0.3 is 13.7 Å². The maximum Gasteiger partial charge on any atom is 0.138 e. The molecule has 0 aliphatic heterocycles. The van der Waals surface area contributed by atoms with Gasteiger partial charge in [0.25, 0.3) is 0 Å². The smallest absolute Gasteiger partial charge is 0.138 e. The monoisotopic (exact) mass is 817 g/mol. The van der Waals surface area contributed by atoms with Gasteiger partial charge in [0.05, 0.1) is 44.3 Å². The molecule has 300 valence electrons. The number of pyridine rings is 1. The number of hydrogen-bond donors (Lipinski definition) is 0. The highest BCUT2D eigenvalue weighted by atomic mass is 15.1. The van der Waals surface area contributed by atoms with Crippen LogP contribution >= 0.6 is 0 Å². The number of para-hydroxylation sites is 4. The Morgan fingerprint density at radius 1 is 0.375 bits per heavy atom. The highest BCUT2D eigenvalue weighted by molar-refractivity contribution is 6.26. The summed E-state index contributed by atoms with van der Waals surface area (Å²) in [4.78, 5) is 5.30. The summed E-state index contributed by atoms with van der Waals surface area (Å²) in [5.74, 6) is 0.906. The first kappa shape index (κ1) is 35.2. The first-order valence-corrected chi connectivity index (χ1v) is 22.2. The fourth-order valence-corrected chi connectivity index (χ4v) is 11.0. The molecule has 0 bridgehead atoms. The lowest BCUT2D eigenvalue weighted by Gasteiger charge is -2.16. The summed E-state index contributed by atoms with van der Waals surface area (Å²) in [6, 6.07) is 72.7. The normalized spacial score (nSPS) is 12.8. The Kier molecular flexibility index (Phi) is 7.45. The topological polar surface area (TPSA) is 32.6 Å². The second-order valence-corrected chi connectivity index (χ2v) is 17.0. The first-order chi connectivity index (χ1) is 31.8. The highest BCUT2D eigenvalue weighted by Gasteiger charge is 2.26. The van der Waals surface area contributed by atoms with E-state index < -0.39 is 0 Å². The molecular weight excluding hydrogens is 779 g/mol. The molecule has 5 aromatic heterocycles. The standard InChI is InChI=1S/C59H39N5/c1-3-17-38(18-4-1)48-27-16-32-55(60-48)64-52-31-14-10-26-47(52)57-54(64)36-34-45-43-24-8-12-29-50(43)63(59(45)57)41-22-15-21-40(37-41)61-51-30-13-9-25-46(51)56-53(61)35-33-44-42-23-7-11-28-49(42)62(58(44)56)39-19-5-2-6-20-39/h1-11,13-28,30-37H,12,29H2. The van der Waals surface area contributed by atoms with Crippen molar-refractivity contribution in [3.8, 4) is 34.1 Å². The van der Waals surface area contributed by atoms with E-state index in [1.165, 1.54) is 76.5 Å². The molecule has 5 nitrogen and oxygen atoms in total. The van der Waals surface area contributed by atoms with Gasteiger partial charge in [0.2, 0.25) is 0 Å². The second-order valence-electron chi connectivity index (χ2n) is 17.0. The zero-order chi connectivity index (χ0) is 41.9. The van der Waals surface area contributed by atoms with Crippen LogP contribution in [0.25, 0.3) is 117 Å². The predicted octanol–water partition coefficient (Wildman–Crippen LogP) is 14.9. The van der Waals surface area contributed by atoms with Crippen LogP contribution in [-0.4, -0.2) is 23.3 Å². The predicted molar refractivity (Wildman–Crippen MR) is 267 cm³/mol. The highest BCUT2D eigenvalue weighted by Crippen LogP contribution is 2.45. The Balaban J connectivity index is 1.04. The number of hydrogen-bond acceptors (Lipinski definition) is 1.